The summed E-state index contributed by atoms with van der Waals surface area (Å²) < 4.78 is 5.84. The van der Waals surface area contributed by atoms with E-state index in [1.807, 2.05) is 84.2 Å². The number of carbonyl (C=O) groups is 1. The lowest BCUT2D eigenvalue weighted by Gasteiger charge is -2.09. The smallest absolute Gasteiger partial charge is 0.224 e. The van der Waals surface area contributed by atoms with E-state index in [1.54, 1.807) is 11.3 Å². The number of hydrogen-bond donors (Lipinski definition) is 1. The number of thiazole rings is 1. The highest BCUT2D eigenvalue weighted by Gasteiger charge is 2.10. The zero-order valence-electron chi connectivity index (χ0n) is 18.9. The first-order chi connectivity index (χ1) is 17.2. The number of hydrogen-bond acceptors (Lipinski definition) is 4. The van der Waals surface area contributed by atoms with E-state index in [0.29, 0.717) is 24.5 Å². The van der Waals surface area contributed by atoms with Gasteiger partial charge in [0.05, 0.1) is 17.3 Å². The summed E-state index contributed by atoms with van der Waals surface area (Å²) in [5, 5.41) is 8.85. The van der Waals surface area contributed by atoms with E-state index in [1.165, 1.54) is 5.39 Å². The van der Waals surface area contributed by atoms with Gasteiger partial charge in [0.15, 0.2) is 0 Å². The molecule has 5 rings (SSSR count). The van der Waals surface area contributed by atoms with Crippen molar-refractivity contribution in [2.45, 2.75) is 12.8 Å². The van der Waals surface area contributed by atoms with Crippen molar-refractivity contribution in [3.63, 3.8) is 0 Å². The van der Waals surface area contributed by atoms with Crippen LogP contribution in [0.2, 0.25) is 5.02 Å². The van der Waals surface area contributed by atoms with Crippen molar-refractivity contribution < 1.29 is 9.53 Å². The lowest BCUT2D eigenvalue weighted by Crippen LogP contribution is -2.12. The molecule has 0 radical (unpaired) electrons. The van der Waals surface area contributed by atoms with Crippen LogP contribution in [-0.4, -0.2) is 17.5 Å². The van der Waals surface area contributed by atoms with E-state index in [4.69, 9.17) is 21.3 Å². The normalized spacial score (nSPS) is 10.9. The van der Waals surface area contributed by atoms with Gasteiger partial charge in [-0.1, -0.05) is 72.3 Å². The molecule has 1 amide bonds. The summed E-state index contributed by atoms with van der Waals surface area (Å²) in [5.41, 5.74) is 3.46. The number of aromatic nitrogens is 1. The number of ether oxygens (including phenoxy) is 1. The molecule has 0 aliphatic heterocycles. The lowest BCUT2D eigenvalue weighted by molar-refractivity contribution is -0.116. The second-order valence-corrected chi connectivity index (χ2v) is 9.37. The number of benzene rings is 4. The largest absolute Gasteiger partial charge is 0.494 e. The Balaban J connectivity index is 1.15. The Labute approximate surface area is 213 Å². The summed E-state index contributed by atoms with van der Waals surface area (Å²) in [6.45, 7) is 0.482. The van der Waals surface area contributed by atoms with Crippen molar-refractivity contribution in [1.29, 1.82) is 0 Å². The highest BCUT2D eigenvalue weighted by atomic mass is 35.5. The minimum atomic E-state index is -0.0423. The summed E-state index contributed by atoms with van der Waals surface area (Å²) in [4.78, 5) is 17.2. The Morgan fingerprint density at radius 2 is 1.74 bits per heavy atom. The average molecular weight is 499 g/mol. The van der Waals surface area contributed by atoms with Gasteiger partial charge in [-0.25, -0.2) is 4.98 Å². The van der Waals surface area contributed by atoms with Crippen molar-refractivity contribution in [3.05, 3.63) is 101 Å². The van der Waals surface area contributed by atoms with Gasteiger partial charge in [0.1, 0.15) is 10.8 Å². The van der Waals surface area contributed by atoms with E-state index in [0.717, 1.165) is 38.7 Å². The third kappa shape index (κ3) is 5.70. The maximum Gasteiger partial charge on any atom is 0.224 e. The summed E-state index contributed by atoms with van der Waals surface area (Å²) >= 11 is 7.86. The SMILES string of the molecule is O=C(CCCOc1ccc2ccccc2c1)Nc1cccc(-c2csc(-c3ccccc3Cl)n2)c1. The molecule has 6 heteroatoms. The summed E-state index contributed by atoms with van der Waals surface area (Å²) in [6.07, 6.45) is 1.01. The highest BCUT2D eigenvalue weighted by Crippen LogP contribution is 2.33. The van der Waals surface area contributed by atoms with E-state index in [-0.39, 0.29) is 5.91 Å². The minimum Gasteiger partial charge on any atom is -0.494 e. The van der Waals surface area contributed by atoms with Crippen molar-refractivity contribution >= 4 is 45.3 Å². The zero-order valence-corrected chi connectivity index (χ0v) is 20.5. The first-order valence-corrected chi connectivity index (χ1v) is 12.6. The number of nitrogens with zero attached hydrogens (tertiary/aromatic N) is 1. The number of amides is 1. The fraction of sp³-hybridized carbons (Fsp3) is 0.103. The second-order valence-electron chi connectivity index (χ2n) is 8.11. The van der Waals surface area contributed by atoms with Crippen molar-refractivity contribution in [2.75, 3.05) is 11.9 Å². The number of nitrogens with one attached hydrogen (secondary N) is 1. The van der Waals surface area contributed by atoms with Gasteiger partial charge in [-0.3, -0.25) is 4.79 Å². The molecule has 0 aliphatic carbocycles. The van der Waals surface area contributed by atoms with Gasteiger partial charge < -0.3 is 10.1 Å². The number of carbonyl (C=O) groups excluding carboxylic acids is 1. The van der Waals surface area contributed by atoms with Crippen LogP contribution in [0.1, 0.15) is 12.8 Å². The zero-order chi connectivity index (χ0) is 24.0. The Bertz CT molecular complexity index is 1480. The van der Waals surface area contributed by atoms with Gasteiger partial charge in [-0.2, -0.15) is 0 Å². The molecule has 1 N–H and O–H groups in total. The standard InChI is InChI=1S/C29H23ClN2O2S/c30-26-12-4-3-11-25(26)29-32-27(19-35-29)22-9-5-10-23(17-22)31-28(33)13-6-16-34-24-15-14-20-7-1-2-8-21(20)18-24/h1-5,7-12,14-15,17-19H,6,13,16H2,(H,31,33). The van der Waals surface area contributed by atoms with Crippen LogP contribution in [0.15, 0.2) is 96.4 Å². The Hall–Kier alpha value is -3.67. The molecule has 1 aromatic heterocycles. The van der Waals surface area contributed by atoms with Crippen LogP contribution >= 0.6 is 22.9 Å². The third-order valence-corrected chi connectivity index (χ3v) is 6.79. The monoisotopic (exact) mass is 498 g/mol. The number of fused-ring (bicyclic) bond motifs is 1. The third-order valence-electron chi connectivity index (χ3n) is 5.59. The van der Waals surface area contributed by atoms with Crippen LogP contribution in [0, 0.1) is 0 Å². The first kappa shape index (κ1) is 23.1. The molecular formula is C29H23ClN2O2S. The maximum absolute atomic E-state index is 12.5. The van der Waals surface area contributed by atoms with Gasteiger partial charge in [-0.15, -0.1) is 11.3 Å². The van der Waals surface area contributed by atoms with Gasteiger partial charge in [-0.05, 0) is 47.5 Å². The quantitative estimate of drug-likeness (QED) is 0.220. The van der Waals surface area contributed by atoms with Crippen LogP contribution in [0.5, 0.6) is 5.75 Å². The molecule has 0 atom stereocenters. The molecule has 174 valence electrons. The van der Waals surface area contributed by atoms with Gasteiger partial charge >= 0.3 is 0 Å². The summed E-state index contributed by atoms with van der Waals surface area (Å²) in [6, 6.07) is 29.6. The van der Waals surface area contributed by atoms with Crippen molar-refractivity contribution in [3.8, 4) is 27.6 Å². The molecule has 1 heterocycles. The molecule has 0 unspecified atom stereocenters. The molecule has 4 nitrogen and oxygen atoms in total. The van der Waals surface area contributed by atoms with Crippen molar-refractivity contribution in [1.82, 2.24) is 4.98 Å². The topological polar surface area (TPSA) is 51.2 Å². The van der Waals surface area contributed by atoms with Gasteiger partial charge in [0, 0.05) is 28.6 Å². The highest BCUT2D eigenvalue weighted by molar-refractivity contribution is 7.13. The lowest BCUT2D eigenvalue weighted by atomic mass is 10.1. The maximum atomic E-state index is 12.5. The second kappa shape index (κ2) is 10.7. The molecule has 0 saturated carbocycles. The number of rotatable bonds is 8. The molecule has 0 aliphatic rings. The number of halogens is 1. The average Bonchev–Trinajstić information content (AvgIpc) is 3.37. The minimum absolute atomic E-state index is 0.0423. The van der Waals surface area contributed by atoms with Gasteiger partial charge in [0.25, 0.3) is 0 Å². The molecule has 5 aromatic rings. The fourth-order valence-electron chi connectivity index (χ4n) is 3.82. The first-order valence-electron chi connectivity index (χ1n) is 11.4. The summed E-state index contributed by atoms with van der Waals surface area (Å²) in [7, 11) is 0. The Morgan fingerprint density at radius 1 is 0.914 bits per heavy atom. The van der Waals surface area contributed by atoms with Gasteiger partial charge in [0.2, 0.25) is 5.91 Å². The van der Waals surface area contributed by atoms with E-state index in [9.17, 15) is 4.79 Å². The molecule has 0 bridgehead atoms. The Kier molecular flexibility index (Phi) is 7.07. The fourth-order valence-corrected chi connectivity index (χ4v) is 4.97. The molecule has 4 aromatic carbocycles. The van der Waals surface area contributed by atoms with Crippen LogP contribution < -0.4 is 10.1 Å². The van der Waals surface area contributed by atoms with Crippen LogP contribution in [-0.2, 0) is 4.79 Å². The van der Waals surface area contributed by atoms with Crippen LogP contribution in [0.3, 0.4) is 0 Å². The van der Waals surface area contributed by atoms with E-state index < -0.39 is 0 Å². The number of anilines is 1. The summed E-state index contributed by atoms with van der Waals surface area (Å²) in [5.74, 6) is 0.774. The predicted molar refractivity (Wildman–Crippen MR) is 145 cm³/mol. The van der Waals surface area contributed by atoms with Crippen LogP contribution in [0.25, 0.3) is 32.6 Å². The van der Waals surface area contributed by atoms with Crippen molar-refractivity contribution in [2.24, 2.45) is 0 Å². The molecule has 0 spiro atoms. The predicted octanol–water partition coefficient (Wildman–Crippen LogP) is 8.08. The molecule has 35 heavy (non-hydrogen) atoms. The molecular weight excluding hydrogens is 476 g/mol. The molecule has 0 saturated heterocycles. The van der Waals surface area contributed by atoms with E-state index in [2.05, 4.69) is 17.4 Å². The van der Waals surface area contributed by atoms with E-state index >= 15 is 0 Å². The molecule has 0 fully saturated rings. The Morgan fingerprint density at radius 3 is 2.63 bits per heavy atom. The van der Waals surface area contributed by atoms with Crippen LogP contribution in [0.4, 0.5) is 5.69 Å².